The zero-order valence-corrected chi connectivity index (χ0v) is 17.3. The fourth-order valence-electron chi connectivity index (χ4n) is 3.04. The maximum atomic E-state index is 13.7. The highest BCUT2D eigenvalue weighted by molar-refractivity contribution is 6.04. The zero-order valence-electron chi connectivity index (χ0n) is 17.3. The highest BCUT2D eigenvalue weighted by atomic mass is 19.4. The Hall–Kier alpha value is -3.51. The van der Waals surface area contributed by atoms with Crippen molar-refractivity contribution in [3.8, 4) is 0 Å². The highest BCUT2D eigenvalue weighted by Gasteiger charge is 2.40. The number of pyridine rings is 1. The number of aromatic nitrogens is 1. The maximum Gasteiger partial charge on any atom is 0.416 e. The van der Waals surface area contributed by atoms with Crippen LogP contribution in [0.2, 0.25) is 0 Å². The molecule has 0 saturated carbocycles. The van der Waals surface area contributed by atoms with E-state index in [1.807, 2.05) is 0 Å². The first-order chi connectivity index (χ1) is 15.2. The summed E-state index contributed by atoms with van der Waals surface area (Å²) in [5.74, 6) is -2.47. The van der Waals surface area contributed by atoms with Crippen LogP contribution in [0.15, 0.2) is 29.3 Å². The molecule has 0 atom stereocenters. The molecule has 0 bridgehead atoms. The quantitative estimate of drug-likeness (QED) is 0.365. The molecule has 178 valence electrons. The molecule has 33 heavy (non-hydrogen) atoms. The number of rotatable bonds is 6. The molecule has 0 aliphatic carbocycles. The van der Waals surface area contributed by atoms with Crippen LogP contribution in [-0.4, -0.2) is 29.6 Å². The van der Waals surface area contributed by atoms with Crippen LogP contribution in [0.3, 0.4) is 0 Å². The fourth-order valence-corrected chi connectivity index (χ4v) is 3.04. The first-order valence-corrected chi connectivity index (χ1v) is 9.28. The fraction of sp³-hybridized carbons (Fsp3) is 0.300. The predicted molar refractivity (Wildman–Crippen MR) is 107 cm³/mol. The normalized spacial score (nSPS) is 12.6. The van der Waals surface area contributed by atoms with Gasteiger partial charge in [0.2, 0.25) is 5.91 Å². The van der Waals surface area contributed by atoms with Crippen molar-refractivity contribution in [1.29, 1.82) is 5.41 Å². The molecule has 0 aliphatic rings. The van der Waals surface area contributed by atoms with E-state index in [9.17, 15) is 35.5 Å². The molecule has 0 radical (unpaired) electrons. The number of carbonyl (C=O) groups is 1. The molecule has 1 aromatic heterocycles. The monoisotopic (exact) mass is 477 g/mol. The molecule has 0 spiro atoms. The van der Waals surface area contributed by atoms with Gasteiger partial charge in [-0.1, -0.05) is 0 Å². The van der Waals surface area contributed by atoms with Crippen molar-refractivity contribution in [1.82, 2.24) is 4.98 Å². The summed E-state index contributed by atoms with van der Waals surface area (Å²) in [6.07, 6.45) is -11.1. The van der Waals surface area contributed by atoms with Gasteiger partial charge in [0.15, 0.2) is 0 Å². The number of carbonyl (C=O) groups excluding carboxylic acids is 1. The number of hydrogen-bond acceptors (Lipinski definition) is 3. The number of benzene rings is 1. The molecular formula is C20H18F7N5O. The second-order valence-electron chi connectivity index (χ2n) is 6.74. The van der Waals surface area contributed by atoms with Gasteiger partial charge in [0.1, 0.15) is 23.8 Å². The Kier molecular flexibility index (Phi) is 7.45. The van der Waals surface area contributed by atoms with Crippen LogP contribution >= 0.6 is 0 Å². The standard InChI is InChI=1S/C20H18F7N5O/c1-3-32(16-5-4-15(21)10(2)31-16)17(33)8-12-13(18(29)30-9-28)6-11(19(22,23)24)7-14(12)20(25,26)27/h4-7,9H,3,8H2,1-2H3,(H3,28,29,30). The number of amides is 1. The van der Waals surface area contributed by atoms with E-state index in [-0.39, 0.29) is 24.1 Å². The number of nitrogens with one attached hydrogen (secondary N) is 1. The Morgan fingerprint density at radius 1 is 1.18 bits per heavy atom. The lowest BCUT2D eigenvalue weighted by Crippen LogP contribution is -2.34. The minimum Gasteiger partial charge on any atom is -0.383 e. The second kappa shape index (κ2) is 9.55. The van der Waals surface area contributed by atoms with Crippen LogP contribution in [0.5, 0.6) is 0 Å². The van der Waals surface area contributed by atoms with Crippen molar-refractivity contribution >= 4 is 23.9 Å². The largest absolute Gasteiger partial charge is 0.416 e. The summed E-state index contributed by atoms with van der Waals surface area (Å²) < 4.78 is 94.4. The zero-order chi connectivity index (χ0) is 25.1. The van der Waals surface area contributed by atoms with Crippen LogP contribution in [0.1, 0.15) is 34.9 Å². The molecule has 13 heteroatoms. The van der Waals surface area contributed by atoms with Gasteiger partial charge in [-0.2, -0.15) is 26.3 Å². The third kappa shape index (κ3) is 5.84. The molecule has 2 rings (SSSR count). The summed E-state index contributed by atoms with van der Waals surface area (Å²) in [4.78, 5) is 21.0. The average molecular weight is 477 g/mol. The number of alkyl halides is 6. The van der Waals surface area contributed by atoms with E-state index in [1.165, 1.54) is 13.8 Å². The van der Waals surface area contributed by atoms with E-state index in [0.717, 1.165) is 17.0 Å². The van der Waals surface area contributed by atoms with Gasteiger partial charge < -0.3 is 5.73 Å². The predicted octanol–water partition coefficient (Wildman–Crippen LogP) is 4.47. The third-order valence-corrected chi connectivity index (χ3v) is 4.59. The summed E-state index contributed by atoms with van der Waals surface area (Å²) in [7, 11) is 0. The number of hydrogen-bond donors (Lipinski definition) is 2. The van der Waals surface area contributed by atoms with E-state index in [1.54, 1.807) is 0 Å². The Morgan fingerprint density at radius 2 is 1.82 bits per heavy atom. The lowest BCUT2D eigenvalue weighted by Gasteiger charge is -2.23. The van der Waals surface area contributed by atoms with Gasteiger partial charge in [0, 0.05) is 12.1 Å². The van der Waals surface area contributed by atoms with Crippen molar-refractivity contribution in [2.24, 2.45) is 10.7 Å². The van der Waals surface area contributed by atoms with Crippen molar-refractivity contribution in [3.05, 3.63) is 58.0 Å². The van der Waals surface area contributed by atoms with Gasteiger partial charge in [-0.15, -0.1) is 0 Å². The molecule has 0 aliphatic heterocycles. The summed E-state index contributed by atoms with van der Waals surface area (Å²) in [6, 6.07) is 2.40. The summed E-state index contributed by atoms with van der Waals surface area (Å²) >= 11 is 0. The maximum absolute atomic E-state index is 13.7. The third-order valence-electron chi connectivity index (χ3n) is 4.59. The number of aliphatic imine (C=N–C) groups is 1. The van der Waals surface area contributed by atoms with Gasteiger partial charge in [0.05, 0.1) is 23.2 Å². The molecular weight excluding hydrogens is 459 g/mol. The lowest BCUT2D eigenvalue weighted by atomic mass is 9.93. The van der Waals surface area contributed by atoms with E-state index >= 15 is 0 Å². The van der Waals surface area contributed by atoms with Crippen LogP contribution in [0, 0.1) is 18.2 Å². The van der Waals surface area contributed by atoms with Crippen molar-refractivity contribution in [3.63, 3.8) is 0 Å². The number of anilines is 1. The topological polar surface area (TPSA) is 95.4 Å². The minimum absolute atomic E-state index is 0.0513. The number of amidine groups is 1. The van der Waals surface area contributed by atoms with Gasteiger partial charge in [0.25, 0.3) is 0 Å². The molecule has 0 saturated heterocycles. The molecule has 0 unspecified atom stereocenters. The van der Waals surface area contributed by atoms with E-state index in [2.05, 4.69) is 9.98 Å². The molecule has 1 heterocycles. The van der Waals surface area contributed by atoms with Crippen molar-refractivity contribution in [2.75, 3.05) is 11.4 Å². The number of halogens is 7. The Labute approximate surface area is 183 Å². The number of aryl methyl sites for hydroxylation is 1. The van der Waals surface area contributed by atoms with Gasteiger partial charge >= 0.3 is 12.4 Å². The van der Waals surface area contributed by atoms with Crippen molar-refractivity contribution < 1.29 is 35.5 Å². The summed E-state index contributed by atoms with van der Waals surface area (Å²) in [5.41, 5.74) is 0.489. The van der Waals surface area contributed by atoms with Crippen LogP contribution in [0.4, 0.5) is 36.6 Å². The summed E-state index contributed by atoms with van der Waals surface area (Å²) in [6.45, 7) is 2.74. The molecule has 0 fully saturated rings. The van der Waals surface area contributed by atoms with Crippen LogP contribution in [0.25, 0.3) is 0 Å². The summed E-state index contributed by atoms with van der Waals surface area (Å²) in [5, 5.41) is 6.94. The van der Waals surface area contributed by atoms with Crippen LogP contribution in [-0.2, 0) is 23.6 Å². The number of nitrogens with two attached hydrogens (primary N) is 1. The smallest absolute Gasteiger partial charge is 0.383 e. The highest BCUT2D eigenvalue weighted by Crippen LogP contribution is 2.39. The molecule has 1 aromatic carbocycles. The number of nitrogens with zero attached hydrogens (tertiary/aromatic N) is 3. The SMILES string of the molecule is CCN(C(=O)Cc1c(C(N)=NC=N)cc(C(F)(F)F)cc1C(F)(F)F)c1ccc(F)c(C)n1. The van der Waals surface area contributed by atoms with E-state index < -0.39 is 58.6 Å². The molecule has 6 nitrogen and oxygen atoms in total. The first-order valence-electron chi connectivity index (χ1n) is 9.28. The number of likely N-dealkylation sites (N-methyl/N-ethyl adjacent to an activating group) is 1. The molecule has 3 N–H and O–H groups in total. The van der Waals surface area contributed by atoms with Crippen LogP contribution < -0.4 is 10.6 Å². The van der Waals surface area contributed by atoms with Gasteiger partial charge in [-0.25, -0.2) is 14.4 Å². The molecule has 1 amide bonds. The van der Waals surface area contributed by atoms with Gasteiger partial charge in [-0.3, -0.25) is 15.1 Å². The Bertz CT molecular complexity index is 1090. The first kappa shape index (κ1) is 25.7. The minimum atomic E-state index is -5.27. The van der Waals surface area contributed by atoms with E-state index in [4.69, 9.17) is 11.1 Å². The average Bonchev–Trinajstić information content (AvgIpc) is 2.69. The Morgan fingerprint density at radius 3 is 2.30 bits per heavy atom. The van der Waals surface area contributed by atoms with Crippen molar-refractivity contribution in [2.45, 2.75) is 32.6 Å². The second-order valence-corrected chi connectivity index (χ2v) is 6.74. The molecule has 2 aromatic rings. The Balaban J connectivity index is 2.70. The van der Waals surface area contributed by atoms with Gasteiger partial charge in [-0.05, 0) is 43.7 Å². The lowest BCUT2D eigenvalue weighted by molar-refractivity contribution is -0.143. The van der Waals surface area contributed by atoms with E-state index in [0.29, 0.717) is 12.4 Å².